The molecule has 8 heteroatoms. The Hall–Kier alpha value is -0.980. The highest BCUT2D eigenvalue weighted by atomic mass is 35.5. The van der Waals surface area contributed by atoms with Gasteiger partial charge in [0, 0.05) is 6.07 Å². The molecular weight excluding hydrogens is 248 g/mol. The highest BCUT2D eigenvalue weighted by Crippen LogP contribution is 2.39. The Balaban J connectivity index is 3.48. The van der Waals surface area contributed by atoms with Gasteiger partial charge < -0.3 is 0 Å². The van der Waals surface area contributed by atoms with Gasteiger partial charge in [-0.25, -0.2) is 13.8 Å². The number of alkyl halides is 5. The van der Waals surface area contributed by atoms with E-state index >= 15 is 0 Å². The van der Waals surface area contributed by atoms with Gasteiger partial charge in [-0.3, -0.25) is 0 Å². The van der Waals surface area contributed by atoms with E-state index in [1.807, 2.05) is 0 Å². The molecule has 0 N–H and O–H groups in total. The fraction of sp³-hybridized carbons (Fsp3) is 0.286. The third kappa shape index (κ3) is 2.53. The Kier molecular flexibility index (Phi) is 3.13. The van der Waals surface area contributed by atoms with E-state index in [4.69, 9.17) is 11.6 Å². The van der Waals surface area contributed by atoms with E-state index < -0.39 is 34.8 Å². The van der Waals surface area contributed by atoms with Crippen LogP contribution in [0, 0.1) is 5.95 Å². The van der Waals surface area contributed by atoms with E-state index in [1.165, 1.54) is 0 Å². The summed E-state index contributed by atoms with van der Waals surface area (Å²) in [6.07, 6.45) is -8.64. The van der Waals surface area contributed by atoms with Crippen molar-refractivity contribution in [2.75, 3.05) is 0 Å². The molecule has 0 saturated heterocycles. The number of halogens is 7. The molecule has 1 aromatic heterocycles. The molecule has 1 aromatic rings. The van der Waals surface area contributed by atoms with Gasteiger partial charge in [0.25, 0.3) is 6.43 Å². The summed E-state index contributed by atoms with van der Waals surface area (Å²) in [5.74, 6) is -1.48. The average Bonchev–Trinajstić information content (AvgIpc) is 1.99. The van der Waals surface area contributed by atoms with Gasteiger partial charge in [-0.2, -0.15) is 17.6 Å². The van der Waals surface area contributed by atoms with Crippen molar-refractivity contribution < 1.29 is 26.3 Å². The first-order valence-corrected chi connectivity index (χ1v) is 3.82. The minimum atomic E-state index is -5.09. The van der Waals surface area contributed by atoms with E-state index in [1.54, 1.807) is 0 Å². The number of hydrogen-bond donors (Lipinski definition) is 0. The zero-order valence-electron chi connectivity index (χ0n) is 6.75. The van der Waals surface area contributed by atoms with Crippen molar-refractivity contribution in [1.82, 2.24) is 4.98 Å². The molecule has 1 rings (SSSR count). The molecule has 0 amide bonds. The van der Waals surface area contributed by atoms with Gasteiger partial charge in [-0.05, 0) is 0 Å². The predicted octanol–water partition coefficient (Wildman–Crippen LogP) is 3.83. The maximum absolute atomic E-state index is 12.5. The first-order chi connectivity index (χ1) is 6.73. The minimum Gasteiger partial charge on any atom is -0.218 e. The molecule has 1 nitrogen and oxygen atoms in total. The quantitative estimate of drug-likeness (QED) is 0.544. The van der Waals surface area contributed by atoms with Crippen LogP contribution < -0.4 is 0 Å². The molecule has 0 aliphatic heterocycles. The first kappa shape index (κ1) is 12.1. The number of pyridine rings is 1. The molecule has 0 atom stereocenters. The highest BCUT2D eigenvalue weighted by molar-refractivity contribution is 6.31. The summed E-state index contributed by atoms with van der Waals surface area (Å²) in [7, 11) is 0. The van der Waals surface area contributed by atoms with E-state index in [0.717, 1.165) is 0 Å². The number of rotatable bonds is 1. The third-order valence-corrected chi connectivity index (χ3v) is 1.76. The van der Waals surface area contributed by atoms with E-state index in [2.05, 4.69) is 4.98 Å². The summed E-state index contributed by atoms with van der Waals surface area (Å²) in [6.45, 7) is 0. The monoisotopic (exact) mass is 249 g/mol. The fourth-order valence-electron chi connectivity index (χ4n) is 0.941. The summed E-state index contributed by atoms with van der Waals surface area (Å²) in [4.78, 5) is 2.48. The zero-order chi connectivity index (χ0) is 11.8. The van der Waals surface area contributed by atoms with Crippen molar-refractivity contribution in [2.45, 2.75) is 12.6 Å². The van der Waals surface area contributed by atoms with Crippen LogP contribution in [0.1, 0.15) is 17.7 Å². The first-order valence-electron chi connectivity index (χ1n) is 3.44. The molecule has 84 valence electrons. The van der Waals surface area contributed by atoms with Gasteiger partial charge >= 0.3 is 6.18 Å². The lowest BCUT2D eigenvalue weighted by Crippen LogP contribution is -2.13. The van der Waals surface area contributed by atoms with Crippen molar-refractivity contribution in [1.29, 1.82) is 0 Å². The molecule has 0 aromatic carbocycles. The molecule has 15 heavy (non-hydrogen) atoms. The molecule has 1 heterocycles. The van der Waals surface area contributed by atoms with Gasteiger partial charge in [0.2, 0.25) is 5.95 Å². The Labute approximate surface area is 84.7 Å². The zero-order valence-corrected chi connectivity index (χ0v) is 7.50. The smallest absolute Gasteiger partial charge is 0.218 e. The predicted molar refractivity (Wildman–Crippen MR) is 39.2 cm³/mol. The van der Waals surface area contributed by atoms with Gasteiger partial charge in [0.1, 0.15) is 11.3 Å². The summed E-state index contributed by atoms with van der Waals surface area (Å²) >= 11 is 5.03. The summed E-state index contributed by atoms with van der Waals surface area (Å²) in [5.41, 5.74) is -3.51. The van der Waals surface area contributed by atoms with E-state index in [9.17, 15) is 26.3 Å². The third-order valence-electron chi connectivity index (χ3n) is 1.46. The second-order valence-corrected chi connectivity index (χ2v) is 2.89. The van der Waals surface area contributed by atoms with Crippen molar-refractivity contribution >= 4 is 11.6 Å². The molecule has 0 saturated carbocycles. The lowest BCUT2D eigenvalue weighted by Gasteiger charge is -2.12. The number of aromatic nitrogens is 1. The number of nitrogens with zero attached hydrogens (tertiary/aromatic N) is 1. The van der Waals surface area contributed by atoms with Gasteiger partial charge in [0.05, 0.1) is 5.02 Å². The minimum absolute atomic E-state index is 0.232. The van der Waals surface area contributed by atoms with Crippen molar-refractivity contribution in [3.63, 3.8) is 0 Å². The van der Waals surface area contributed by atoms with Gasteiger partial charge in [-0.1, -0.05) is 11.6 Å². The fourth-order valence-corrected chi connectivity index (χ4v) is 1.23. The van der Waals surface area contributed by atoms with Crippen LogP contribution in [0.3, 0.4) is 0 Å². The van der Waals surface area contributed by atoms with Crippen molar-refractivity contribution in [3.8, 4) is 0 Å². The van der Waals surface area contributed by atoms with Gasteiger partial charge in [-0.15, -0.1) is 0 Å². The van der Waals surface area contributed by atoms with E-state index in [0.29, 0.717) is 0 Å². The summed E-state index contributed by atoms with van der Waals surface area (Å²) in [5, 5.41) is -1.13. The Morgan fingerprint density at radius 3 is 2.20 bits per heavy atom. The molecule has 0 bridgehead atoms. The molecule has 0 radical (unpaired) electrons. The second-order valence-electron chi connectivity index (χ2n) is 2.49. The van der Waals surface area contributed by atoms with Crippen LogP contribution in [0.5, 0.6) is 0 Å². The van der Waals surface area contributed by atoms with E-state index in [-0.39, 0.29) is 6.07 Å². The van der Waals surface area contributed by atoms with Gasteiger partial charge in [0.15, 0.2) is 0 Å². The molecule has 0 aliphatic rings. The number of hydrogen-bond acceptors (Lipinski definition) is 1. The van der Waals surface area contributed by atoms with Crippen LogP contribution in [-0.2, 0) is 6.18 Å². The largest absolute Gasteiger partial charge is 0.419 e. The van der Waals surface area contributed by atoms with Crippen molar-refractivity contribution in [3.05, 3.63) is 28.3 Å². The van der Waals surface area contributed by atoms with Crippen LogP contribution >= 0.6 is 11.6 Å². The average molecular weight is 250 g/mol. The maximum Gasteiger partial charge on any atom is 0.419 e. The molecule has 0 unspecified atom stereocenters. The maximum atomic E-state index is 12.5. The highest BCUT2D eigenvalue weighted by Gasteiger charge is 2.39. The molecule has 0 fully saturated rings. The SMILES string of the molecule is Fc1cc(Cl)c(C(F)(F)F)c(C(F)F)n1. The van der Waals surface area contributed by atoms with Crippen LogP contribution in [0.25, 0.3) is 0 Å². The van der Waals surface area contributed by atoms with Crippen molar-refractivity contribution in [2.24, 2.45) is 0 Å². The topological polar surface area (TPSA) is 12.9 Å². The molecular formula is C7H2ClF6N. The Morgan fingerprint density at radius 2 is 1.80 bits per heavy atom. The Bertz CT molecular complexity index is 374. The lowest BCUT2D eigenvalue weighted by atomic mass is 10.2. The summed E-state index contributed by atoms with van der Waals surface area (Å²) < 4.78 is 73.4. The van der Waals surface area contributed by atoms with Crippen LogP contribution in [0.15, 0.2) is 6.07 Å². The van der Waals surface area contributed by atoms with Crippen LogP contribution in [0.2, 0.25) is 5.02 Å². The standard InChI is InChI=1S/C7H2ClF6N/c8-2-1-3(9)15-5(6(10)11)4(2)7(12,13)14/h1,6H. The Morgan fingerprint density at radius 1 is 1.27 bits per heavy atom. The lowest BCUT2D eigenvalue weighted by molar-refractivity contribution is -0.139. The summed E-state index contributed by atoms with van der Waals surface area (Å²) in [6, 6.07) is 0.232. The normalized spacial score (nSPS) is 12.3. The molecule has 0 spiro atoms. The van der Waals surface area contributed by atoms with Crippen LogP contribution in [-0.4, -0.2) is 4.98 Å². The van der Waals surface area contributed by atoms with Crippen LogP contribution in [0.4, 0.5) is 26.3 Å². The molecule has 0 aliphatic carbocycles. The second kappa shape index (κ2) is 3.88.